The van der Waals surface area contributed by atoms with Crippen LogP contribution in [0, 0.1) is 11.3 Å². The first-order valence-electron chi connectivity index (χ1n) is 15.1. The number of amides is 1. The highest BCUT2D eigenvalue weighted by atomic mass is 32.1. The molecule has 0 aliphatic rings. The number of H-pyrrole nitrogens is 1. The molecule has 4 N–H and O–H groups in total. The van der Waals surface area contributed by atoms with Gasteiger partial charge < -0.3 is 34.8 Å². The van der Waals surface area contributed by atoms with Gasteiger partial charge in [-0.05, 0) is 35.4 Å². The molecule has 3 aromatic carbocycles. The van der Waals surface area contributed by atoms with Gasteiger partial charge in [0.25, 0.3) is 0 Å². The van der Waals surface area contributed by atoms with Crippen molar-refractivity contribution < 1.29 is 18.7 Å². The maximum atomic E-state index is 12.4. The summed E-state index contributed by atoms with van der Waals surface area (Å²) in [5, 5.41) is 13.2. The van der Waals surface area contributed by atoms with Gasteiger partial charge in [-0.1, -0.05) is 36.4 Å². The van der Waals surface area contributed by atoms with Crippen LogP contribution < -0.4 is 20.7 Å². The number of aromatic amines is 1. The number of carbonyl (C=O) groups excluding carboxylic acids is 1. The number of allylic oxidation sites excluding steroid dienone is 1. The minimum absolute atomic E-state index is 0.0937. The van der Waals surface area contributed by atoms with Gasteiger partial charge in [0.2, 0.25) is 17.7 Å². The molecule has 4 heterocycles. The lowest BCUT2D eigenvalue weighted by Gasteiger charge is -2.19. The van der Waals surface area contributed by atoms with Gasteiger partial charge in [-0.25, -0.2) is 19.7 Å². The Hall–Kier alpha value is -6.53. The molecule has 244 valence electrons. The molecular formula is C34H28N10O4S. The Kier molecular flexibility index (Phi) is 8.68. The van der Waals surface area contributed by atoms with Crippen molar-refractivity contribution in [1.82, 2.24) is 35.2 Å². The number of aromatic nitrogens is 6. The second kappa shape index (κ2) is 13.7. The van der Waals surface area contributed by atoms with Crippen molar-refractivity contribution in [3.8, 4) is 11.9 Å². The topological polar surface area (TPSA) is 194 Å². The van der Waals surface area contributed by atoms with Gasteiger partial charge in [0.15, 0.2) is 16.7 Å². The van der Waals surface area contributed by atoms with E-state index in [-0.39, 0.29) is 19.2 Å². The van der Waals surface area contributed by atoms with Crippen molar-refractivity contribution in [2.75, 3.05) is 30.8 Å². The molecule has 0 bridgehead atoms. The monoisotopic (exact) mass is 672 g/mol. The number of fused-ring (bicyclic) bond motifs is 3. The van der Waals surface area contributed by atoms with Crippen molar-refractivity contribution in [2.24, 2.45) is 0 Å². The highest BCUT2D eigenvalue weighted by Gasteiger charge is 2.14. The molecule has 0 radical (unpaired) electrons. The van der Waals surface area contributed by atoms with Crippen molar-refractivity contribution in [3.63, 3.8) is 0 Å². The number of rotatable bonds is 11. The number of oxazole rings is 1. The normalized spacial score (nSPS) is 11.6. The first kappa shape index (κ1) is 31.1. The summed E-state index contributed by atoms with van der Waals surface area (Å²) in [6.45, 7) is 1.19. The number of alkyl carbamates (subject to hydrolysis) is 1. The van der Waals surface area contributed by atoms with Crippen LogP contribution in [0.15, 0.2) is 77.5 Å². The Morgan fingerprint density at radius 2 is 1.92 bits per heavy atom. The van der Waals surface area contributed by atoms with Crippen LogP contribution in [0.2, 0.25) is 0 Å². The number of nitrogen functional groups attached to an aromatic ring is 1. The van der Waals surface area contributed by atoms with Crippen LogP contribution in [0.4, 0.5) is 16.4 Å². The number of nitrogens with two attached hydrogens (primary N) is 1. The molecule has 0 atom stereocenters. The summed E-state index contributed by atoms with van der Waals surface area (Å²) >= 11 is 1.44. The minimum atomic E-state index is -0.520. The fraction of sp³-hybridized carbons (Fsp3) is 0.147. The number of para-hydroxylation sites is 1. The Morgan fingerprint density at radius 3 is 2.76 bits per heavy atom. The Balaban J connectivity index is 0.879. The Labute approximate surface area is 282 Å². The SMILES string of the molecule is CN(CCOC(=O)NCc1ccc(COc2nc(N)nc3[nH]cnc23)cc1)c1ccc2nc(/C=C(\C#N)c3nc4ccccc4s3)oc2c1. The third-order valence-electron chi connectivity index (χ3n) is 7.50. The summed E-state index contributed by atoms with van der Waals surface area (Å²) in [7, 11) is 1.89. The number of carbonyl (C=O) groups is 1. The molecule has 0 aliphatic heterocycles. The van der Waals surface area contributed by atoms with Crippen LogP contribution >= 0.6 is 11.3 Å². The van der Waals surface area contributed by atoms with Crippen molar-refractivity contribution in [3.05, 3.63) is 95.1 Å². The van der Waals surface area contributed by atoms with E-state index in [0.717, 1.165) is 27.0 Å². The molecule has 0 spiro atoms. The predicted octanol–water partition coefficient (Wildman–Crippen LogP) is 5.69. The molecule has 15 heteroatoms. The first-order chi connectivity index (χ1) is 23.9. The highest BCUT2D eigenvalue weighted by Crippen LogP contribution is 2.29. The zero-order valence-corrected chi connectivity index (χ0v) is 26.9. The van der Waals surface area contributed by atoms with E-state index >= 15 is 0 Å². The van der Waals surface area contributed by atoms with Crippen LogP contribution in [0.3, 0.4) is 0 Å². The number of nitrogens with one attached hydrogen (secondary N) is 2. The van der Waals surface area contributed by atoms with Crippen LogP contribution in [0.25, 0.3) is 44.1 Å². The highest BCUT2D eigenvalue weighted by molar-refractivity contribution is 7.19. The van der Waals surface area contributed by atoms with E-state index in [2.05, 4.69) is 41.3 Å². The van der Waals surface area contributed by atoms with Gasteiger partial charge in [0.05, 0.1) is 28.7 Å². The smallest absolute Gasteiger partial charge is 0.407 e. The number of nitrogens with zero attached hydrogens (tertiary/aromatic N) is 7. The van der Waals surface area contributed by atoms with Crippen molar-refractivity contribution in [2.45, 2.75) is 13.2 Å². The number of anilines is 2. The number of imidazole rings is 1. The number of benzene rings is 3. The van der Waals surface area contributed by atoms with E-state index in [1.165, 1.54) is 17.7 Å². The fourth-order valence-electron chi connectivity index (χ4n) is 4.94. The van der Waals surface area contributed by atoms with Crippen LogP contribution in [-0.2, 0) is 17.9 Å². The second-order valence-electron chi connectivity index (χ2n) is 10.9. The summed E-state index contributed by atoms with van der Waals surface area (Å²) in [4.78, 5) is 38.6. The molecule has 0 saturated carbocycles. The van der Waals surface area contributed by atoms with Crippen LogP contribution in [-0.4, -0.2) is 56.2 Å². The standard InChI is InChI=1S/C34H28N10O4S/c1-44(23-10-11-24-26(15-23)48-28(40-24)14-22(16-35)32-41-25-4-2-3-5-27(25)49-32)12-13-46-34(45)37-17-20-6-8-21(9-7-20)18-47-31-29-30(39-19-38-29)42-33(36)43-31/h2-11,14-15,19H,12-13,17-18H2,1H3,(H,37,45)(H3,36,38,39,42,43)/b22-14+. The quantitative estimate of drug-likeness (QED) is 0.142. The van der Waals surface area contributed by atoms with Crippen LogP contribution in [0.1, 0.15) is 22.0 Å². The molecule has 0 fully saturated rings. The number of thiazole rings is 1. The van der Waals surface area contributed by atoms with Crippen molar-refractivity contribution in [1.29, 1.82) is 5.26 Å². The third kappa shape index (κ3) is 7.09. The first-order valence-corrected chi connectivity index (χ1v) is 15.9. The molecule has 0 saturated heterocycles. The molecular weight excluding hydrogens is 645 g/mol. The van der Waals surface area contributed by atoms with Gasteiger partial charge in [0.1, 0.15) is 29.8 Å². The minimum Gasteiger partial charge on any atom is -0.471 e. The van der Waals surface area contributed by atoms with Crippen LogP contribution in [0.5, 0.6) is 5.88 Å². The summed E-state index contributed by atoms with van der Waals surface area (Å²) in [6.07, 6.45) is 2.59. The lowest BCUT2D eigenvalue weighted by atomic mass is 10.1. The van der Waals surface area contributed by atoms with Gasteiger partial charge in [-0.2, -0.15) is 15.2 Å². The Bertz CT molecular complexity index is 2320. The van der Waals surface area contributed by atoms with Crippen molar-refractivity contribution >= 4 is 73.2 Å². The Morgan fingerprint density at radius 1 is 1.08 bits per heavy atom. The fourth-order valence-corrected chi connectivity index (χ4v) is 5.88. The summed E-state index contributed by atoms with van der Waals surface area (Å²) in [5.41, 5.74) is 11.9. The van der Waals surface area contributed by atoms with Gasteiger partial charge in [-0.15, -0.1) is 11.3 Å². The van der Waals surface area contributed by atoms with E-state index < -0.39 is 6.09 Å². The maximum Gasteiger partial charge on any atom is 0.407 e. The number of hydrogen-bond acceptors (Lipinski definition) is 13. The predicted molar refractivity (Wildman–Crippen MR) is 185 cm³/mol. The number of likely N-dealkylation sites (N-methyl/N-ethyl adjacent to an activating group) is 1. The lowest BCUT2D eigenvalue weighted by Crippen LogP contribution is -2.28. The number of nitriles is 1. The average Bonchev–Trinajstić information content (AvgIpc) is 3.86. The molecule has 0 aliphatic carbocycles. The summed E-state index contributed by atoms with van der Waals surface area (Å²) < 4.78 is 18.2. The second-order valence-corrected chi connectivity index (χ2v) is 11.9. The summed E-state index contributed by atoms with van der Waals surface area (Å²) in [5.74, 6) is 0.712. The van der Waals surface area contributed by atoms with E-state index in [4.69, 9.17) is 19.6 Å². The zero-order valence-electron chi connectivity index (χ0n) is 26.1. The van der Waals surface area contributed by atoms with E-state index in [9.17, 15) is 10.1 Å². The van der Waals surface area contributed by atoms with E-state index in [1.807, 2.05) is 78.7 Å². The summed E-state index contributed by atoms with van der Waals surface area (Å²) in [6, 6.07) is 23.2. The molecule has 0 unspecified atom stereocenters. The van der Waals surface area contributed by atoms with E-state index in [1.54, 1.807) is 6.08 Å². The molecule has 4 aromatic heterocycles. The zero-order chi connectivity index (χ0) is 33.7. The van der Waals surface area contributed by atoms with Gasteiger partial charge in [-0.3, -0.25) is 0 Å². The number of hydrogen-bond donors (Lipinski definition) is 3. The molecule has 7 rings (SSSR count). The molecule has 49 heavy (non-hydrogen) atoms. The maximum absolute atomic E-state index is 12.4. The lowest BCUT2D eigenvalue weighted by molar-refractivity contribution is 0.148. The number of ether oxygens (including phenoxy) is 2. The van der Waals surface area contributed by atoms with Gasteiger partial charge in [0, 0.05) is 31.4 Å². The largest absolute Gasteiger partial charge is 0.471 e. The average molecular weight is 673 g/mol. The molecule has 1 amide bonds. The molecule has 7 aromatic rings. The third-order valence-corrected chi connectivity index (χ3v) is 8.57. The van der Waals surface area contributed by atoms with Gasteiger partial charge >= 0.3 is 6.09 Å². The van der Waals surface area contributed by atoms with E-state index in [0.29, 0.717) is 57.7 Å². The molecule has 14 nitrogen and oxygen atoms in total.